The number of nitrogens with two attached hydrogens (primary N) is 2. The average Bonchev–Trinajstić information content (AvgIpc) is 2.69. The Morgan fingerprint density at radius 1 is 0.897 bits per heavy atom. The Hall–Kier alpha value is -2.22. The predicted octanol–water partition coefficient (Wildman–Crippen LogP) is 3.76. The molecule has 0 saturated carbocycles. The van der Waals surface area contributed by atoms with E-state index in [0.29, 0.717) is 32.9 Å². The molecule has 2 aromatic rings. The highest BCUT2D eigenvalue weighted by Crippen LogP contribution is 2.35. The van der Waals surface area contributed by atoms with E-state index in [9.17, 15) is 0 Å². The first-order valence-electron chi connectivity index (χ1n) is 9.04. The normalized spacial score (nSPS) is 13.4. The summed E-state index contributed by atoms with van der Waals surface area (Å²) in [6.07, 6.45) is 0. The topological polar surface area (TPSA) is 86.2 Å². The molecule has 160 valence electrons. The minimum atomic E-state index is 0.533. The van der Waals surface area contributed by atoms with Gasteiger partial charge in [0.25, 0.3) is 0 Å². The van der Waals surface area contributed by atoms with Crippen molar-refractivity contribution < 1.29 is 14.2 Å². The van der Waals surface area contributed by atoms with E-state index in [-0.39, 0.29) is 0 Å². The number of benzene rings is 2. The summed E-state index contributed by atoms with van der Waals surface area (Å²) in [6.45, 7) is 3.14. The molecular formula is C20H28Cl2N4O3. The van der Waals surface area contributed by atoms with Gasteiger partial charge in [-0.3, -0.25) is 0 Å². The quantitative estimate of drug-likeness (QED) is 0.696. The Labute approximate surface area is 182 Å². The van der Waals surface area contributed by atoms with Crippen molar-refractivity contribution in [3.8, 4) is 11.5 Å². The van der Waals surface area contributed by atoms with Crippen LogP contribution in [0.3, 0.4) is 0 Å². The molecule has 0 aliphatic carbocycles. The highest BCUT2D eigenvalue weighted by Gasteiger charge is 2.16. The third kappa shape index (κ3) is 5.88. The number of ether oxygens (including phenoxy) is 3. The highest BCUT2D eigenvalue weighted by atomic mass is 35.5. The SMILES string of the molecule is COc1cc(N(C)C)c(N)cc1Cl.COc1cc(N2CCOCC2)c(N)cc1Cl. The second-order valence-electron chi connectivity index (χ2n) is 6.58. The maximum absolute atomic E-state index is 5.99. The lowest BCUT2D eigenvalue weighted by atomic mass is 10.2. The monoisotopic (exact) mass is 442 g/mol. The molecule has 0 radical (unpaired) electrons. The Morgan fingerprint density at radius 2 is 1.41 bits per heavy atom. The molecule has 0 spiro atoms. The Balaban J connectivity index is 0.000000212. The molecule has 0 atom stereocenters. The summed E-state index contributed by atoms with van der Waals surface area (Å²) >= 11 is 11.9. The number of hydrogen-bond donors (Lipinski definition) is 2. The lowest BCUT2D eigenvalue weighted by Gasteiger charge is -2.30. The zero-order chi connectivity index (χ0) is 21.6. The van der Waals surface area contributed by atoms with E-state index in [4.69, 9.17) is 48.9 Å². The van der Waals surface area contributed by atoms with E-state index < -0.39 is 0 Å². The first-order chi connectivity index (χ1) is 13.8. The van der Waals surface area contributed by atoms with Gasteiger partial charge in [-0.1, -0.05) is 23.2 Å². The van der Waals surface area contributed by atoms with Gasteiger partial charge in [-0.2, -0.15) is 0 Å². The molecule has 0 amide bonds. The number of methoxy groups -OCH3 is 2. The van der Waals surface area contributed by atoms with E-state index in [1.54, 1.807) is 26.4 Å². The molecule has 0 aromatic heterocycles. The number of halogens is 2. The summed E-state index contributed by atoms with van der Waals surface area (Å²) in [6, 6.07) is 7.11. The fourth-order valence-electron chi connectivity index (χ4n) is 2.89. The van der Waals surface area contributed by atoms with Crippen LogP contribution in [-0.2, 0) is 4.74 Å². The summed E-state index contributed by atoms with van der Waals surface area (Å²) in [5, 5.41) is 1.07. The van der Waals surface area contributed by atoms with Gasteiger partial charge in [0.1, 0.15) is 11.5 Å². The summed E-state index contributed by atoms with van der Waals surface area (Å²) in [5.74, 6) is 1.29. The first-order valence-corrected chi connectivity index (χ1v) is 9.80. The number of nitrogen functional groups attached to an aromatic ring is 2. The summed E-state index contributed by atoms with van der Waals surface area (Å²) < 4.78 is 15.6. The van der Waals surface area contributed by atoms with Crippen LogP contribution in [0, 0.1) is 0 Å². The Kier molecular flexibility index (Phi) is 8.37. The van der Waals surface area contributed by atoms with Gasteiger partial charge in [0, 0.05) is 39.3 Å². The minimum Gasteiger partial charge on any atom is -0.495 e. The fraction of sp³-hybridized carbons (Fsp3) is 0.400. The molecule has 1 heterocycles. The number of anilines is 4. The van der Waals surface area contributed by atoms with Crippen LogP contribution in [-0.4, -0.2) is 54.6 Å². The lowest BCUT2D eigenvalue weighted by Crippen LogP contribution is -2.36. The third-order valence-electron chi connectivity index (χ3n) is 4.44. The van der Waals surface area contributed by atoms with Crippen molar-refractivity contribution in [1.29, 1.82) is 0 Å². The molecule has 0 unspecified atom stereocenters. The largest absolute Gasteiger partial charge is 0.495 e. The summed E-state index contributed by atoms with van der Waals surface area (Å²) in [5.41, 5.74) is 14.9. The van der Waals surface area contributed by atoms with Crippen molar-refractivity contribution in [3.63, 3.8) is 0 Å². The van der Waals surface area contributed by atoms with Gasteiger partial charge in [0.2, 0.25) is 0 Å². The minimum absolute atomic E-state index is 0.533. The van der Waals surface area contributed by atoms with E-state index in [1.165, 1.54) is 0 Å². The van der Waals surface area contributed by atoms with Gasteiger partial charge >= 0.3 is 0 Å². The molecule has 1 aliphatic rings. The van der Waals surface area contributed by atoms with Gasteiger partial charge in [-0.15, -0.1) is 0 Å². The van der Waals surface area contributed by atoms with Crippen molar-refractivity contribution in [2.45, 2.75) is 0 Å². The highest BCUT2D eigenvalue weighted by molar-refractivity contribution is 6.32. The summed E-state index contributed by atoms with van der Waals surface area (Å²) in [4.78, 5) is 4.09. The molecule has 9 heteroatoms. The average molecular weight is 443 g/mol. The number of hydrogen-bond acceptors (Lipinski definition) is 7. The molecule has 29 heavy (non-hydrogen) atoms. The van der Waals surface area contributed by atoms with Crippen molar-refractivity contribution in [3.05, 3.63) is 34.3 Å². The molecule has 2 aromatic carbocycles. The van der Waals surface area contributed by atoms with E-state index in [1.807, 2.05) is 31.1 Å². The van der Waals surface area contributed by atoms with Crippen LogP contribution in [0.5, 0.6) is 11.5 Å². The molecule has 1 fully saturated rings. The van der Waals surface area contributed by atoms with Gasteiger partial charge in [-0.05, 0) is 12.1 Å². The van der Waals surface area contributed by atoms with Gasteiger partial charge < -0.3 is 35.5 Å². The zero-order valence-electron chi connectivity index (χ0n) is 17.2. The maximum Gasteiger partial charge on any atom is 0.139 e. The van der Waals surface area contributed by atoms with Crippen molar-refractivity contribution in [2.24, 2.45) is 0 Å². The molecule has 0 bridgehead atoms. The summed E-state index contributed by atoms with van der Waals surface area (Å²) in [7, 11) is 7.01. The number of morpholine rings is 1. The second-order valence-corrected chi connectivity index (χ2v) is 7.40. The Morgan fingerprint density at radius 3 is 1.93 bits per heavy atom. The molecule has 7 nitrogen and oxygen atoms in total. The van der Waals surface area contributed by atoms with Gasteiger partial charge in [0.15, 0.2) is 0 Å². The number of rotatable bonds is 4. The molecule has 1 saturated heterocycles. The van der Waals surface area contributed by atoms with Crippen molar-refractivity contribution >= 4 is 46.0 Å². The second kappa shape index (κ2) is 10.5. The van der Waals surface area contributed by atoms with Crippen molar-refractivity contribution in [1.82, 2.24) is 0 Å². The van der Waals surface area contributed by atoms with Crippen LogP contribution in [0.4, 0.5) is 22.7 Å². The van der Waals surface area contributed by atoms with E-state index in [2.05, 4.69) is 4.90 Å². The van der Waals surface area contributed by atoms with Crippen LogP contribution in [0.1, 0.15) is 0 Å². The zero-order valence-corrected chi connectivity index (χ0v) is 18.7. The molecule has 3 rings (SSSR count). The predicted molar refractivity (Wildman–Crippen MR) is 122 cm³/mol. The van der Waals surface area contributed by atoms with Crippen LogP contribution in [0.2, 0.25) is 10.0 Å². The van der Waals surface area contributed by atoms with E-state index in [0.717, 1.165) is 37.7 Å². The van der Waals surface area contributed by atoms with Gasteiger partial charge in [0.05, 0.1) is 60.2 Å². The van der Waals surface area contributed by atoms with Crippen molar-refractivity contribution in [2.75, 3.05) is 75.9 Å². The van der Waals surface area contributed by atoms with Gasteiger partial charge in [-0.25, -0.2) is 0 Å². The third-order valence-corrected chi connectivity index (χ3v) is 5.03. The van der Waals surface area contributed by atoms with Crippen LogP contribution in [0.15, 0.2) is 24.3 Å². The van der Waals surface area contributed by atoms with Crippen LogP contribution < -0.4 is 30.7 Å². The lowest BCUT2D eigenvalue weighted by molar-refractivity contribution is 0.122. The maximum atomic E-state index is 5.99. The van der Waals surface area contributed by atoms with Crippen LogP contribution >= 0.6 is 23.2 Å². The molecular weight excluding hydrogens is 415 g/mol. The first kappa shape index (κ1) is 23.1. The number of nitrogens with zero attached hydrogens (tertiary/aromatic N) is 2. The smallest absolute Gasteiger partial charge is 0.139 e. The standard InChI is InChI=1S/C11H15ClN2O2.C9H13ClN2O/c1-15-11-7-10(9(13)6-8(11)12)14-2-4-16-5-3-14;1-12(2)8-5-9(13-3)6(10)4-7(8)11/h6-7H,2-5,13H2,1H3;4-5H,11H2,1-3H3. The van der Waals surface area contributed by atoms with Crippen LogP contribution in [0.25, 0.3) is 0 Å². The van der Waals surface area contributed by atoms with E-state index >= 15 is 0 Å². The Bertz CT molecular complexity index is 828. The fourth-order valence-corrected chi connectivity index (χ4v) is 3.39. The molecule has 4 N–H and O–H groups in total. The molecule has 1 aliphatic heterocycles.